The van der Waals surface area contributed by atoms with Crippen LogP contribution in [0.2, 0.25) is 0 Å². The molecule has 0 saturated carbocycles. The molecule has 2 aliphatic heterocycles. The third-order valence-electron chi connectivity index (χ3n) is 5.85. The van der Waals surface area contributed by atoms with E-state index in [4.69, 9.17) is 9.47 Å². The van der Waals surface area contributed by atoms with Crippen molar-refractivity contribution >= 4 is 17.4 Å². The normalized spacial score (nSPS) is 21.2. The lowest BCUT2D eigenvalue weighted by Gasteiger charge is -2.31. The van der Waals surface area contributed by atoms with Crippen LogP contribution in [0.5, 0.6) is 11.5 Å². The van der Waals surface area contributed by atoms with Crippen LogP contribution in [0.1, 0.15) is 17.2 Å². The number of benzene rings is 2. The fourth-order valence-electron chi connectivity index (χ4n) is 4.13. The summed E-state index contributed by atoms with van der Waals surface area (Å²) in [5.41, 5.74) is 0.969. The Kier molecular flexibility index (Phi) is 6.43. The molecule has 2 saturated heterocycles. The number of phenols is 1. The minimum atomic E-state index is -0.801. The SMILES string of the molecule is COc1ccc(/C(O)=C2/C(=O)C(=O)N(CCN3CCOCC3)C2c2cccc(O)c2)cc1. The molecule has 0 aliphatic carbocycles. The topological polar surface area (TPSA) is 99.5 Å². The smallest absolute Gasteiger partial charge is 0.295 e. The van der Waals surface area contributed by atoms with E-state index in [-0.39, 0.29) is 17.1 Å². The Morgan fingerprint density at radius 3 is 2.47 bits per heavy atom. The molecule has 2 aliphatic rings. The molecule has 0 spiro atoms. The second-order valence-corrected chi connectivity index (χ2v) is 7.77. The number of ketones is 1. The van der Waals surface area contributed by atoms with Crippen molar-refractivity contribution in [1.82, 2.24) is 9.80 Å². The van der Waals surface area contributed by atoms with Crippen molar-refractivity contribution < 1.29 is 29.3 Å². The van der Waals surface area contributed by atoms with Gasteiger partial charge in [-0.2, -0.15) is 0 Å². The van der Waals surface area contributed by atoms with Crippen LogP contribution >= 0.6 is 0 Å². The number of methoxy groups -OCH3 is 1. The van der Waals surface area contributed by atoms with Gasteiger partial charge < -0.3 is 24.6 Å². The highest BCUT2D eigenvalue weighted by Crippen LogP contribution is 2.40. The minimum Gasteiger partial charge on any atom is -0.508 e. The summed E-state index contributed by atoms with van der Waals surface area (Å²) in [7, 11) is 1.54. The predicted molar refractivity (Wildman–Crippen MR) is 117 cm³/mol. The number of carbonyl (C=O) groups is 2. The summed E-state index contributed by atoms with van der Waals surface area (Å²) < 4.78 is 10.5. The van der Waals surface area contributed by atoms with E-state index < -0.39 is 17.7 Å². The number of hydrogen-bond donors (Lipinski definition) is 2. The number of amides is 1. The van der Waals surface area contributed by atoms with Gasteiger partial charge in [0.15, 0.2) is 0 Å². The number of morpholine rings is 1. The highest BCUT2D eigenvalue weighted by Gasteiger charge is 2.46. The van der Waals surface area contributed by atoms with Gasteiger partial charge in [-0.3, -0.25) is 14.5 Å². The van der Waals surface area contributed by atoms with Crippen LogP contribution in [0.15, 0.2) is 54.1 Å². The molecular weight excluding hydrogens is 412 g/mol. The van der Waals surface area contributed by atoms with Crippen LogP contribution in [-0.2, 0) is 14.3 Å². The molecule has 168 valence electrons. The number of phenolic OH excluding ortho intramolecular Hbond substituents is 1. The van der Waals surface area contributed by atoms with Crippen molar-refractivity contribution in [3.63, 3.8) is 0 Å². The van der Waals surface area contributed by atoms with Crippen LogP contribution in [0.4, 0.5) is 0 Å². The first-order valence-electron chi connectivity index (χ1n) is 10.5. The summed E-state index contributed by atoms with van der Waals surface area (Å²) in [6.07, 6.45) is 0. The van der Waals surface area contributed by atoms with E-state index in [2.05, 4.69) is 4.90 Å². The average Bonchev–Trinajstić information content (AvgIpc) is 3.08. The van der Waals surface area contributed by atoms with E-state index >= 15 is 0 Å². The summed E-state index contributed by atoms with van der Waals surface area (Å²) in [5.74, 6) is -1.04. The number of aliphatic hydroxyl groups excluding tert-OH is 1. The molecule has 2 heterocycles. The summed E-state index contributed by atoms with van der Waals surface area (Å²) in [4.78, 5) is 29.7. The molecule has 4 rings (SSSR count). The lowest BCUT2D eigenvalue weighted by molar-refractivity contribution is -0.140. The maximum atomic E-state index is 13.0. The predicted octanol–water partition coefficient (Wildman–Crippen LogP) is 2.15. The van der Waals surface area contributed by atoms with Crippen molar-refractivity contribution in [1.29, 1.82) is 0 Å². The van der Waals surface area contributed by atoms with Crippen molar-refractivity contribution in [2.75, 3.05) is 46.5 Å². The summed E-state index contributed by atoms with van der Waals surface area (Å²) in [6, 6.07) is 12.2. The average molecular weight is 438 g/mol. The Balaban J connectivity index is 1.73. The fourth-order valence-corrected chi connectivity index (χ4v) is 4.13. The van der Waals surface area contributed by atoms with Crippen molar-refractivity contribution in [3.8, 4) is 11.5 Å². The zero-order valence-corrected chi connectivity index (χ0v) is 17.9. The number of rotatable bonds is 6. The molecule has 8 nitrogen and oxygen atoms in total. The Morgan fingerprint density at radius 2 is 1.81 bits per heavy atom. The first-order valence-corrected chi connectivity index (χ1v) is 10.5. The minimum absolute atomic E-state index is 0.00717. The molecule has 32 heavy (non-hydrogen) atoms. The van der Waals surface area contributed by atoms with Crippen LogP contribution in [0.3, 0.4) is 0 Å². The lowest BCUT2D eigenvalue weighted by Crippen LogP contribution is -2.42. The molecule has 1 amide bonds. The highest BCUT2D eigenvalue weighted by atomic mass is 16.5. The van der Waals surface area contributed by atoms with Crippen molar-refractivity contribution in [2.45, 2.75) is 6.04 Å². The molecule has 1 atom stereocenters. The van der Waals surface area contributed by atoms with Crippen molar-refractivity contribution in [2.24, 2.45) is 0 Å². The Labute approximate surface area is 186 Å². The van der Waals surface area contributed by atoms with Gasteiger partial charge in [-0.1, -0.05) is 12.1 Å². The molecule has 1 unspecified atom stereocenters. The van der Waals surface area contributed by atoms with Gasteiger partial charge in [-0.15, -0.1) is 0 Å². The number of aliphatic hydroxyl groups is 1. The first-order chi connectivity index (χ1) is 15.5. The number of aromatic hydroxyl groups is 1. The number of likely N-dealkylation sites (tertiary alicyclic amines) is 1. The number of hydrogen-bond acceptors (Lipinski definition) is 7. The molecule has 8 heteroatoms. The lowest BCUT2D eigenvalue weighted by atomic mass is 9.95. The van der Waals surface area contributed by atoms with E-state index in [1.807, 2.05) is 0 Å². The van der Waals surface area contributed by atoms with E-state index in [9.17, 15) is 19.8 Å². The molecule has 2 aromatic rings. The van der Waals surface area contributed by atoms with Crippen LogP contribution in [0.25, 0.3) is 5.76 Å². The number of ether oxygens (including phenoxy) is 2. The van der Waals surface area contributed by atoms with Gasteiger partial charge >= 0.3 is 0 Å². The van der Waals surface area contributed by atoms with Gasteiger partial charge in [0.1, 0.15) is 17.3 Å². The van der Waals surface area contributed by atoms with E-state index in [0.717, 1.165) is 13.1 Å². The Hall–Kier alpha value is -3.36. The van der Waals surface area contributed by atoms with Gasteiger partial charge in [0, 0.05) is 31.7 Å². The third kappa shape index (κ3) is 4.32. The van der Waals surface area contributed by atoms with Gasteiger partial charge in [0.2, 0.25) is 0 Å². The first kappa shape index (κ1) is 21.9. The maximum absolute atomic E-state index is 13.0. The standard InChI is InChI=1S/C24H26N2O6/c1-31-19-7-5-16(6-8-19)22(28)20-21(17-3-2-4-18(27)15-17)26(24(30)23(20)29)10-9-25-11-13-32-14-12-25/h2-8,15,21,27-28H,9-14H2,1H3/b22-20-. The molecular formula is C24H26N2O6. The summed E-state index contributed by atoms with van der Waals surface area (Å²) in [5, 5.41) is 21.1. The number of nitrogens with zero attached hydrogens (tertiary/aromatic N) is 2. The molecule has 2 N–H and O–H groups in total. The zero-order chi connectivity index (χ0) is 22.7. The largest absolute Gasteiger partial charge is 0.508 e. The second-order valence-electron chi connectivity index (χ2n) is 7.77. The number of Topliss-reactive ketones (excluding diaryl/α,β-unsaturated/α-hetero) is 1. The molecule has 2 fully saturated rings. The maximum Gasteiger partial charge on any atom is 0.295 e. The van der Waals surface area contributed by atoms with Gasteiger partial charge in [-0.05, 0) is 42.0 Å². The third-order valence-corrected chi connectivity index (χ3v) is 5.85. The molecule has 0 aromatic heterocycles. The van der Waals surface area contributed by atoms with E-state index in [1.165, 1.54) is 24.1 Å². The zero-order valence-electron chi connectivity index (χ0n) is 17.9. The molecule has 2 aromatic carbocycles. The molecule has 0 bridgehead atoms. The Bertz CT molecular complexity index is 1030. The van der Waals surface area contributed by atoms with Crippen molar-refractivity contribution in [3.05, 3.63) is 65.2 Å². The molecule has 0 radical (unpaired) electrons. The van der Waals surface area contributed by atoms with Gasteiger partial charge in [-0.25, -0.2) is 0 Å². The Morgan fingerprint density at radius 1 is 1.09 bits per heavy atom. The van der Waals surface area contributed by atoms with E-state index in [1.54, 1.807) is 36.4 Å². The van der Waals surface area contributed by atoms with E-state index in [0.29, 0.717) is 43.2 Å². The number of carbonyl (C=O) groups excluding carboxylic acids is 2. The quantitative estimate of drug-likeness (QED) is 0.405. The van der Waals surface area contributed by atoms with Gasteiger partial charge in [0.25, 0.3) is 11.7 Å². The van der Waals surface area contributed by atoms with Crippen LogP contribution in [-0.4, -0.2) is 78.2 Å². The van der Waals surface area contributed by atoms with Crippen LogP contribution < -0.4 is 4.74 Å². The van der Waals surface area contributed by atoms with Crippen LogP contribution in [0, 0.1) is 0 Å². The highest BCUT2D eigenvalue weighted by molar-refractivity contribution is 6.46. The summed E-state index contributed by atoms with van der Waals surface area (Å²) >= 11 is 0. The van der Waals surface area contributed by atoms with Gasteiger partial charge in [0.05, 0.1) is 31.9 Å². The monoisotopic (exact) mass is 438 g/mol. The second kappa shape index (κ2) is 9.42. The summed E-state index contributed by atoms with van der Waals surface area (Å²) in [6.45, 7) is 3.66. The fraction of sp³-hybridized carbons (Fsp3) is 0.333.